The van der Waals surface area contributed by atoms with Crippen LogP contribution in [0.1, 0.15) is 45.1 Å². The molecule has 146 valence electrons. The van der Waals surface area contributed by atoms with Gasteiger partial charge < -0.3 is 18.9 Å². The van der Waals surface area contributed by atoms with Gasteiger partial charge in [0.15, 0.2) is 0 Å². The van der Waals surface area contributed by atoms with Gasteiger partial charge in [0.05, 0.1) is 26.0 Å². The van der Waals surface area contributed by atoms with Crippen LogP contribution in [0.15, 0.2) is 36.9 Å². The third kappa shape index (κ3) is 4.43. The molecule has 1 aliphatic rings. The molecule has 0 spiro atoms. The maximum Gasteiger partial charge on any atom is 0.307 e. The smallest absolute Gasteiger partial charge is 0.307 e. The molecule has 6 heteroatoms. The molecule has 0 aliphatic carbocycles. The van der Waals surface area contributed by atoms with Crippen molar-refractivity contribution in [3.05, 3.63) is 42.5 Å². The highest BCUT2D eigenvalue weighted by atomic mass is 16.5. The lowest BCUT2D eigenvalue weighted by atomic mass is 9.95. The molecule has 0 radical (unpaired) electrons. The van der Waals surface area contributed by atoms with Crippen molar-refractivity contribution in [1.82, 2.24) is 9.55 Å². The molecule has 0 N–H and O–H groups in total. The average molecular weight is 371 g/mol. The first-order chi connectivity index (χ1) is 13.1. The number of fused-ring (bicyclic) bond motifs is 1. The van der Waals surface area contributed by atoms with Gasteiger partial charge in [-0.1, -0.05) is 6.92 Å². The Bertz CT molecular complexity index is 745. The Morgan fingerprint density at radius 3 is 2.85 bits per heavy atom. The van der Waals surface area contributed by atoms with Crippen LogP contribution in [0.2, 0.25) is 0 Å². The second-order valence-electron chi connectivity index (χ2n) is 6.92. The van der Waals surface area contributed by atoms with Crippen molar-refractivity contribution in [2.24, 2.45) is 0 Å². The van der Waals surface area contributed by atoms with E-state index in [0.29, 0.717) is 32.1 Å². The SMILES string of the molecule is CCCOc1ccc2c(c1)C(Cn1ccnc1)C(C)N2CCC(=O)OCC. The van der Waals surface area contributed by atoms with Gasteiger partial charge in [-0.15, -0.1) is 0 Å². The number of esters is 1. The zero-order chi connectivity index (χ0) is 19.2. The first-order valence-corrected chi connectivity index (χ1v) is 9.78. The maximum atomic E-state index is 11.8. The lowest BCUT2D eigenvalue weighted by Gasteiger charge is -2.27. The van der Waals surface area contributed by atoms with Gasteiger partial charge in [-0.2, -0.15) is 0 Å². The van der Waals surface area contributed by atoms with Gasteiger partial charge in [0.1, 0.15) is 5.75 Å². The quantitative estimate of drug-likeness (QED) is 0.630. The Labute approximate surface area is 161 Å². The predicted octanol–water partition coefficient (Wildman–Crippen LogP) is 3.62. The Morgan fingerprint density at radius 2 is 2.15 bits per heavy atom. The van der Waals surface area contributed by atoms with E-state index in [1.54, 1.807) is 6.20 Å². The zero-order valence-electron chi connectivity index (χ0n) is 16.4. The van der Waals surface area contributed by atoms with E-state index in [1.807, 2.05) is 25.5 Å². The van der Waals surface area contributed by atoms with E-state index in [2.05, 4.69) is 40.4 Å². The number of anilines is 1. The fourth-order valence-corrected chi connectivity index (χ4v) is 3.74. The fourth-order valence-electron chi connectivity index (χ4n) is 3.74. The number of ether oxygens (including phenoxy) is 2. The molecule has 3 rings (SSSR count). The van der Waals surface area contributed by atoms with Gasteiger partial charge in [-0.25, -0.2) is 4.98 Å². The summed E-state index contributed by atoms with van der Waals surface area (Å²) in [5.41, 5.74) is 2.45. The molecule has 0 saturated heterocycles. The highest BCUT2D eigenvalue weighted by Gasteiger charge is 2.36. The van der Waals surface area contributed by atoms with Gasteiger partial charge in [0, 0.05) is 43.1 Å². The number of benzene rings is 1. The molecule has 0 saturated carbocycles. The number of imidazole rings is 1. The summed E-state index contributed by atoms with van der Waals surface area (Å²) >= 11 is 0. The molecule has 0 fully saturated rings. The fraction of sp³-hybridized carbons (Fsp3) is 0.524. The number of nitrogens with zero attached hydrogens (tertiary/aromatic N) is 3. The minimum Gasteiger partial charge on any atom is -0.494 e. The molecular formula is C21H29N3O3. The monoisotopic (exact) mass is 371 g/mol. The van der Waals surface area contributed by atoms with Crippen molar-refractivity contribution in [2.75, 3.05) is 24.7 Å². The van der Waals surface area contributed by atoms with Crippen LogP contribution in [0.3, 0.4) is 0 Å². The standard InChI is InChI=1S/C21H29N3O3/c1-4-12-27-17-6-7-20-18(13-17)19(14-23-11-9-22-15-23)16(3)24(20)10-8-21(25)26-5-2/h6-7,9,11,13,15-16,19H,4-5,8,10,12,14H2,1-3H3. The molecule has 27 heavy (non-hydrogen) atoms. The first kappa shape index (κ1) is 19.3. The number of carbonyl (C=O) groups excluding carboxylic acids is 1. The van der Waals surface area contributed by atoms with E-state index in [4.69, 9.17) is 9.47 Å². The summed E-state index contributed by atoms with van der Waals surface area (Å²) in [7, 11) is 0. The summed E-state index contributed by atoms with van der Waals surface area (Å²) in [6.07, 6.45) is 7.02. The van der Waals surface area contributed by atoms with Gasteiger partial charge in [0.2, 0.25) is 0 Å². The summed E-state index contributed by atoms with van der Waals surface area (Å²) in [6.45, 7) is 8.81. The van der Waals surface area contributed by atoms with Gasteiger partial charge in [0.25, 0.3) is 0 Å². The van der Waals surface area contributed by atoms with E-state index in [0.717, 1.165) is 18.7 Å². The number of carbonyl (C=O) groups is 1. The van der Waals surface area contributed by atoms with Crippen molar-refractivity contribution < 1.29 is 14.3 Å². The van der Waals surface area contributed by atoms with Gasteiger partial charge in [-0.3, -0.25) is 4.79 Å². The van der Waals surface area contributed by atoms with Crippen LogP contribution in [-0.2, 0) is 16.1 Å². The average Bonchev–Trinajstić information content (AvgIpc) is 3.26. The first-order valence-electron chi connectivity index (χ1n) is 9.78. The molecule has 2 unspecified atom stereocenters. The molecule has 0 amide bonds. The topological polar surface area (TPSA) is 56.6 Å². The van der Waals surface area contributed by atoms with Crippen LogP contribution in [0, 0.1) is 0 Å². The van der Waals surface area contributed by atoms with Crippen LogP contribution >= 0.6 is 0 Å². The summed E-state index contributed by atoms with van der Waals surface area (Å²) in [4.78, 5) is 18.3. The number of hydrogen-bond acceptors (Lipinski definition) is 5. The minimum absolute atomic E-state index is 0.146. The zero-order valence-corrected chi connectivity index (χ0v) is 16.4. The molecule has 2 aromatic rings. The van der Waals surface area contributed by atoms with Crippen LogP contribution in [0.5, 0.6) is 5.75 Å². The molecule has 1 aromatic carbocycles. The highest BCUT2D eigenvalue weighted by Crippen LogP contribution is 2.43. The normalized spacial score (nSPS) is 18.4. The molecule has 1 aliphatic heterocycles. The predicted molar refractivity (Wildman–Crippen MR) is 105 cm³/mol. The van der Waals surface area contributed by atoms with Crippen LogP contribution in [-0.4, -0.2) is 41.3 Å². The summed E-state index contributed by atoms with van der Waals surface area (Å²) in [6, 6.07) is 6.58. The van der Waals surface area contributed by atoms with Crippen molar-refractivity contribution in [1.29, 1.82) is 0 Å². The largest absolute Gasteiger partial charge is 0.494 e. The molecular weight excluding hydrogens is 342 g/mol. The third-order valence-corrected chi connectivity index (χ3v) is 5.08. The number of hydrogen-bond donors (Lipinski definition) is 0. The van der Waals surface area contributed by atoms with E-state index < -0.39 is 0 Å². The molecule has 0 bridgehead atoms. The Kier molecular flexibility index (Phi) is 6.37. The minimum atomic E-state index is -0.146. The van der Waals surface area contributed by atoms with Crippen molar-refractivity contribution in [3.8, 4) is 5.75 Å². The summed E-state index contributed by atoms with van der Waals surface area (Å²) < 4.78 is 13.1. The third-order valence-electron chi connectivity index (χ3n) is 5.08. The lowest BCUT2D eigenvalue weighted by Crippen LogP contribution is -2.34. The van der Waals surface area contributed by atoms with Gasteiger partial charge in [-0.05, 0) is 44.0 Å². The second kappa shape index (κ2) is 8.93. The van der Waals surface area contributed by atoms with Crippen molar-refractivity contribution in [2.45, 2.75) is 52.1 Å². The Hall–Kier alpha value is -2.50. The second-order valence-corrected chi connectivity index (χ2v) is 6.92. The van der Waals surface area contributed by atoms with Crippen molar-refractivity contribution in [3.63, 3.8) is 0 Å². The summed E-state index contributed by atoms with van der Waals surface area (Å²) in [5, 5.41) is 0. The molecule has 6 nitrogen and oxygen atoms in total. The molecule has 2 atom stereocenters. The maximum absolute atomic E-state index is 11.8. The molecule has 1 aromatic heterocycles. The number of rotatable bonds is 9. The van der Waals surface area contributed by atoms with E-state index in [-0.39, 0.29) is 12.0 Å². The molecule has 2 heterocycles. The Balaban J connectivity index is 1.83. The van der Waals surface area contributed by atoms with E-state index in [9.17, 15) is 4.79 Å². The lowest BCUT2D eigenvalue weighted by molar-refractivity contribution is -0.142. The number of aromatic nitrogens is 2. The van der Waals surface area contributed by atoms with Crippen molar-refractivity contribution >= 4 is 11.7 Å². The van der Waals surface area contributed by atoms with Crippen LogP contribution < -0.4 is 9.64 Å². The van der Waals surface area contributed by atoms with Crippen LogP contribution in [0.25, 0.3) is 0 Å². The van der Waals surface area contributed by atoms with Gasteiger partial charge >= 0.3 is 5.97 Å². The highest BCUT2D eigenvalue weighted by molar-refractivity contribution is 5.71. The summed E-state index contributed by atoms with van der Waals surface area (Å²) in [5.74, 6) is 1.07. The van der Waals surface area contributed by atoms with Crippen LogP contribution in [0.4, 0.5) is 5.69 Å². The van der Waals surface area contributed by atoms with E-state index >= 15 is 0 Å². The van der Waals surface area contributed by atoms with E-state index in [1.165, 1.54) is 11.3 Å². The Morgan fingerprint density at radius 1 is 1.30 bits per heavy atom.